The van der Waals surface area contributed by atoms with Crippen molar-refractivity contribution in [2.24, 2.45) is 5.92 Å². The summed E-state index contributed by atoms with van der Waals surface area (Å²) in [4.78, 5) is 15.2. The highest BCUT2D eigenvalue weighted by Crippen LogP contribution is 2.29. The number of likely N-dealkylation sites (tertiary alicyclic amines) is 1. The van der Waals surface area contributed by atoms with E-state index in [1.165, 1.54) is 12.1 Å². The van der Waals surface area contributed by atoms with E-state index in [1.54, 1.807) is 0 Å². The Labute approximate surface area is 209 Å². The van der Waals surface area contributed by atoms with Gasteiger partial charge in [-0.3, -0.25) is 4.79 Å². The molecule has 1 aromatic heterocycles. The van der Waals surface area contributed by atoms with Gasteiger partial charge in [-0.2, -0.15) is 0 Å². The maximum atomic E-state index is 13.3. The molecular formula is C29H28ClFN2O2. The van der Waals surface area contributed by atoms with Gasteiger partial charge in [-0.25, -0.2) is 4.39 Å². The van der Waals surface area contributed by atoms with Gasteiger partial charge in [0.05, 0.1) is 22.7 Å². The molecule has 0 saturated carbocycles. The molecule has 1 aliphatic rings. The summed E-state index contributed by atoms with van der Waals surface area (Å²) >= 11 is 6.59. The highest BCUT2D eigenvalue weighted by molar-refractivity contribution is 6.34. The molecule has 2 heterocycles. The topological polar surface area (TPSA) is 34.5 Å². The van der Waals surface area contributed by atoms with Gasteiger partial charge in [0, 0.05) is 24.7 Å². The SMILES string of the molecule is O=C(c1cc2ccn(COCc3ccccc3)c2cc1Cl)N1CCC(Cc2ccc(F)cc2)CC1. The lowest BCUT2D eigenvalue weighted by atomic mass is 9.90. The summed E-state index contributed by atoms with van der Waals surface area (Å²) in [6, 6.07) is 22.5. The molecule has 1 aliphatic heterocycles. The lowest BCUT2D eigenvalue weighted by Crippen LogP contribution is -2.39. The average molecular weight is 491 g/mol. The van der Waals surface area contributed by atoms with Crippen LogP contribution < -0.4 is 0 Å². The first-order chi connectivity index (χ1) is 17.1. The van der Waals surface area contributed by atoms with Crippen molar-refractivity contribution in [3.05, 3.63) is 107 Å². The van der Waals surface area contributed by atoms with Gasteiger partial charge < -0.3 is 14.2 Å². The summed E-state index contributed by atoms with van der Waals surface area (Å²) < 4.78 is 21.0. The number of fused-ring (bicyclic) bond motifs is 1. The van der Waals surface area contributed by atoms with Crippen LogP contribution in [0.3, 0.4) is 0 Å². The number of carbonyl (C=O) groups is 1. The molecule has 0 aliphatic carbocycles. The van der Waals surface area contributed by atoms with Crippen molar-refractivity contribution < 1.29 is 13.9 Å². The van der Waals surface area contributed by atoms with Crippen molar-refractivity contribution in [2.75, 3.05) is 13.1 Å². The van der Waals surface area contributed by atoms with Crippen molar-refractivity contribution in [2.45, 2.75) is 32.6 Å². The number of rotatable bonds is 7. The molecular weight excluding hydrogens is 463 g/mol. The molecule has 1 saturated heterocycles. The van der Waals surface area contributed by atoms with Crippen LogP contribution in [0.1, 0.15) is 34.3 Å². The highest BCUT2D eigenvalue weighted by atomic mass is 35.5. The van der Waals surface area contributed by atoms with E-state index in [0.29, 0.717) is 42.9 Å². The second-order valence-electron chi connectivity index (χ2n) is 9.21. The van der Waals surface area contributed by atoms with Crippen molar-refractivity contribution >= 4 is 28.4 Å². The molecule has 5 rings (SSSR count). The molecule has 0 bridgehead atoms. The Morgan fingerprint density at radius 2 is 1.71 bits per heavy atom. The molecule has 0 N–H and O–H groups in total. The standard InChI is InChI=1S/C29H28ClFN2O2/c30-27-18-28-24(12-15-33(28)20-35-19-23-4-2-1-3-5-23)17-26(27)29(34)32-13-10-22(11-14-32)16-21-6-8-25(31)9-7-21/h1-9,12,15,17-18,22H,10-11,13-14,16,19-20H2. The zero-order valence-electron chi connectivity index (χ0n) is 19.5. The van der Waals surface area contributed by atoms with E-state index in [1.807, 2.05) is 76.3 Å². The number of carbonyl (C=O) groups excluding carboxylic acids is 1. The zero-order valence-corrected chi connectivity index (χ0v) is 20.3. The number of hydrogen-bond donors (Lipinski definition) is 0. The maximum Gasteiger partial charge on any atom is 0.255 e. The quantitative estimate of drug-likeness (QED) is 0.289. The Balaban J connectivity index is 1.20. The van der Waals surface area contributed by atoms with Crippen LogP contribution in [-0.4, -0.2) is 28.5 Å². The fourth-order valence-electron chi connectivity index (χ4n) is 4.79. The van der Waals surface area contributed by atoms with E-state index in [4.69, 9.17) is 16.3 Å². The predicted molar refractivity (Wildman–Crippen MR) is 137 cm³/mol. The number of benzene rings is 3. The average Bonchev–Trinajstić information content (AvgIpc) is 3.27. The Morgan fingerprint density at radius 1 is 0.971 bits per heavy atom. The smallest absolute Gasteiger partial charge is 0.255 e. The minimum absolute atomic E-state index is 0.0230. The molecule has 6 heteroatoms. The first kappa shape index (κ1) is 23.6. The van der Waals surface area contributed by atoms with Crippen LogP contribution in [-0.2, 0) is 24.5 Å². The molecule has 180 valence electrons. The third-order valence-corrected chi connectivity index (χ3v) is 7.08. The van der Waals surface area contributed by atoms with E-state index in [2.05, 4.69) is 0 Å². The first-order valence-electron chi connectivity index (χ1n) is 12.0. The normalized spacial score (nSPS) is 14.5. The Bertz CT molecular complexity index is 1300. The van der Waals surface area contributed by atoms with Crippen molar-refractivity contribution in [3.8, 4) is 0 Å². The van der Waals surface area contributed by atoms with Crippen LogP contribution in [0, 0.1) is 11.7 Å². The van der Waals surface area contributed by atoms with Gasteiger partial charge in [0.2, 0.25) is 0 Å². The van der Waals surface area contributed by atoms with Crippen LogP contribution in [0.25, 0.3) is 10.9 Å². The fourth-order valence-corrected chi connectivity index (χ4v) is 5.03. The number of amides is 1. The first-order valence-corrected chi connectivity index (χ1v) is 12.4. The number of halogens is 2. The zero-order chi connectivity index (χ0) is 24.2. The van der Waals surface area contributed by atoms with E-state index in [-0.39, 0.29) is 11.7 Å². The van der Waals surface area contributed by atoms with E-state index < -0.39 is 0 Å². The summed E-state index contributed by atoms with van der Waals surface area (Å²) in [5.74, 6) is 0.260. The van der Waals surface area contributed by atoms with Gasteiger partial charge >= 0.3 is 0 Å². The Kier molecular flexibility index (Phi) is 7.16. The summed E-state index contributed by atoms with van der Waals surface area (Å²) in [5, 5.41) is 1.42. The third-order valence-electron chi connectivity index (χ3n) is 6.77. The second kappa shape index (κ2) is 10.6. The van der Waals surface area contributed by atoms with Gasteiger partial charge in [0.15, 0.2) is 0 Å². The van der Waals surface area contributed by atoms with Crippen molar-refractivity contribution in [1.29, 1.82) is 0 Å². The molecule has 0 unspecified atom stereocenters. The maximum absolute atomic E-state index is 13.3. The Morgan fingerprint density at radius 3 is 2.46 bits per heavy atom. The monoisotopic (exact) mass is 490 g/mol. The number of hydrogen-bond acceptors (Lipinski definition) is 2. The molecule has 3 aromatic carbocycles. The van der Waals surface area contributed by atoms with Gasteiger partial charge in [0.1, 0.15) is 12.5 Å². The van der Waals surface area contributed by atoms with Gasteiger partial charge in [0.25, 0.3) is 5.91 Å². The molecule has 0 atom stereocenters. The van der Waals surface area contributed by atoms with Crippen LogP contribution >= 0.6 is 11.6 Å². The van der Waals surface area contributed by atoms with Crippen LogP contribution in [0.15, 0.2) is 79.0 Å². The highest BCUT2D eigenvalue weighted by Gasteiger charge is 2.25. The molecule has 0 spiro atoms. The summed E-state index contributed by atoms with van der Waals surface area (Å²) in [6.45, 7) is 2.34. The van der Waals surface area contributed by atoms with Crippen LogP contribution in [0.4, 0.5) is 4.39 Å². The Hall–Kier alpha value is -3.15. The molecule has 35 heavy (non-hydrogen) atoms. The van der Waals surface area contributed by atoms with E-state index in [9.17, 15) is 9.18 Å². The largest absolute Gasteiger partial charge is 0.356 e. The second-order valence-corrected chi connectivity index (χ2v) is 9.61. The third kappa shape index (κ3) is 5.58. The number of piperidine rings is 1. The van der Waals surface area contributed by atoms with Crippen molar-refractivity contribution in [3.63, 3.8) is 0 Å². The predicted octanol–water partition coefficient (Wildman–Crippen LogP) is 6.70. The van der Waals surface area contributed by atoms with Crippen LogP contribution in [0.2, 0.25) is 5.02 Å². The summed E-state index contributed by atoms with van der Waals surface area (Å²) in [6.07, 6.45) is 4.73. The summed E-state index contributed by atoms with van der Waals surface area (Å²) in [7, 11) is 0. The minimum Gasteiger partial charge on any atom is -0.356 e. The van der Waals surface area contributed by atoms with Gasteiger partial charge in [-0.05, 0) is 66.6 Å². The van der Waals surface area contributed by atoms with E-state index >= 15 is 0 Å². The lowest BCUT2D eigenvalue weighted by Gasteiger charge is -2.32. The van der Waals surface area contributed by atoms with E-state index in [0.717, 1.165) is 41.3 Å². The molecule has 1 amide bonds. The molecule has 4 nitrogen and oxygen atoms in total. The number of ether oxygens (including phenoxy) is 1. The van der Waals surface area contributed by atoms with Gasteiger partial charge in [-0.1, -0.05) is 54.1 Å². The fraction of sp³-hybridized carbons (Fsp3) is 0.276. The lowest BCUT2D eigenvalue weighted by molar-refractivity contribution is 0.0668. The van der Waals surface area contributed by atoms with Crippen LogP contribution in [0.5, 0.6) is 0 Å². The van der Waals surface area contributed by atoms with Gasteiger partial charge in [-0.15, -0.1) is 0 Å². The number of nitrogens with zero attached hydrogens (tertiary/aromatic N) is 2. The molecule has 0 radical (unpaired) electrons. The molecule has 1 fully saturated rings. The van der Waals surface area contributed by atoms with Crippen molar-refractivity contribution in [1.82, 2.24) is 9.47 Å². The number of aromatic nitrogens is 1. The molecule has 4 aromatic rings. The summed E-state index contributed by atoms with van der Waals surface area (Å²) in [5.41, 5.74) is 3.75. The minimum atomic E-state index is -0.210.